The Kier molecular flexibility index (Phi) is 4.89. The summed E-state index contributed by atoms with van der Waals surface area (Å²) < 4.78 is 1.90. The van der Waals surface area contributed by atoms with Crippen molar-refractivity contribution in [1.29, 1.82) is 0 Å². The largest absolute Gasteiger partial charge is 0.342 e. The molecule has 26 heavy (non-hydrogen) atoms. The molecule has 0 bridgehead atoms. The Labute approximate surface area is 158 Å². The van der Waals surface area contributed by atoms with Crippen molar-refractivity contribution in [3.63, 3.8) is 0 Å². The predicted molar refractivity (Wildman–Crippen MR) is 103 cm³/mol. The molecule has 1 aromatic heterocycles. The van der Waals surface area contributed by atoms with Crippen molar-refractivity contribution in [2.75, 3.05) is 18.5 Å². The molecule has 2 aliphatic rings. The number of likely N-dealkylation sites (tertiary alicyclic amines) is 1. The fourth-order valence-corrected chi connectivity index (χ4v) is 4.85. The number of thioether (sulfide) groups is 1. The Morgan fingerprint density at radius 1 is 1.08 bits per heavy atom. The quantitative estimate of drug-likeness (QED) is 0.879. The van der Waals surface area contributed by atoms with Crippen LogP contribution in [0.2, 0.25) is 0 Å². The fraction of sp³-hybridized carbons (Fsp3) is 0.526. The van der Waals surface area contributed by atoms with Crippen molar-refractivity contribution in [2.45, 2.75) is 56.0 Å². The molecule has 4 rings (SSSR count). The number of hydrogen-bond acceptors (Lipinski definition) is 5. The van der Waals surface area contributed by atoms with Crippen LogP contribution in [-0.4, -0.2) is 44.0 Å². The van der Waals surface area contributed by atoms with Gasteiger partial charge in [0.1, 0.15) is 11.1 Å². The van der Waals surface area contributed by atoms with Crippen molar-refractivity contribution >= 4 is 17.7 Å². The van der Waals surface area contributed by atoms with Gasteiger partial charge < -0.3 is 10.3 Å². The van der Waals surface area contributed by atoms with Crippen molar-refractivity contribution in [3.8, 4) is 0 Å². The lowest BCUT2D eigenvalue weighted by Gasteiger charge is -2.35. The highest BCUT2D eigenvalue weighted by molar-refractivity contribution is 8.00. The highest BCUT2D eigenvalue weighted by Gasteiger charge is 2.39. The second-order valence-corrected chi connectivity index (χ2v) is 8.27. The first-order valence-corrected chi connectivity index (χ1v) is 10.2. The predicted octanol–water partition coefficient (Wildman–Crippen LogP) is 3.06. The van der Waals surface area contributed by atoms with Crippen LogP contribution in [-0.2, 0) is 4.79 Å². The molecule has 3 heterocycles. The second-order valence-electron chi connectivity index (χ2n) is 7.16. The zero-order chi connectivity index (χ0) is 18.1. The Bertz CT molecular complexity index is 780. The van der Waals surface area contributed by atoms with Crippen molar-refractivity contribution in [3.05, 3.63) is 41.2 Å². The molecule has 1 N–H and O–H groups in total. The summed E-state index contributed by atoms with van der Waals surface area (Å²) in [6, 6.07) is 8.33. The molecule has 138 valence electrons. The molecule has 0 spiro atoms. The van der Waals surface area contributed by atoms with Gasteiger partial charge in [-0.15, -0.1) is 10.2 Å². The Balaban J connectivity index is 1.66. The van der Waals surface area contributed by atoms with Gasteiger partial charge in [-0.1, -0.05) is 54.4 Å². The second kappa shape index (κ2) is 7.31. The van der Waals surface area contributed by atoms with Crippen LogP contribution >= 0.6 is 11.8 Å². The third-order valence-electron chi connectivity index (χ3n) is 5.20. The molecule has 7 heteroatoms. The zero-order valence-electron chi connectivity index (χ0n) is 15.3. The Hall–Kier alpha value is -2.02. The number of aryl methyl sites for hydroxylation is 2. The minimum atomic E-state index is -0.230. The van der Waals surface area contributed by atoms with Crippen LogP contribution in [0.1, 0.15) is 48.7 Å². The van der Waals surface area contributed by atoms with Crippen LogP contribution in [0, 0.1) is 13.8 Å². The first-order chi connectivity index (χ1) is 12.6. The molecule has 6 nitrogen and oxygen atoms in total. The van der Waals surface area contributed by atoms with E-state index >= 15 is 0 Å². The summed E-state index contributed by atoms with van der Waals surface area (Å²) >= 11 is 1.53. The lowest BCUT2D eigenvalue weighted by Crippen LogP contribution is -2.46. The Morgan fingerprint density at radius 2 is 1.77 bits per heavy atom. The van der Waals surface area contributed by atoms with E-state index in [4.69, 9.17) is 0 Å². The summed E-state index contributed by atoms with van der Waals surface area (Å²) in [5.41, 5.74) is 5.83. The molecule has 0 saturated carbocycles. The standard InChI is InChI=1S/C19H25N5OS/c1-13-7-9-15(10-8-13)16-17(18(25)23-11-5-3-4-6-12-23)26-19-21-20-14(2)24(19)22-16/h7-10,16-17,22H,3-6,11-12H2,1-2H3/t16-,17-/m0/s1. The number of hydrogen-bond donors (Lipinski definition) is 1. The van der Waals surface area contributed by atoms with Gasteiger partial charge in [-0.25, -0.2) is 4.68 Å². The van der Waals surface area contributed by atoms with Crippen molar-refractivity contribution < 1.29 is 4.79 Å². The van der Waals surface area contributed by atoms with Crippen LogP contribution in [0.5, 0.6) is 0 Å². The molecule has 1 fully saturated rings. The topological polar surface area (TPSA) is 63.1 Å². The van der Waals surface area contributed by atoms with Gasteiger partial charge in [0.25, 0.3) is 0 Å². The van der Waals surface area contributed by atoms with E-state index in [0.29, 0.717) is 0 Å². The molecule has 1 aromatic carbocycles. The third-order valence-corrected chi connectivity index (χ3v) is 6.40. The van der Waals surface area contributed by atoms with Crippen molar-refractivity contribution in [2.24, 2.45) is 0 Å². The van der Waals surface area contributed by atoms with E-state index in [1.807, 2.05) is 16.5 Å². The minimum Gasteiger partial charge on any atom is -0.342 e. The number of carbonyl (C=O) groups excluding carboxylic acids is 1. The van der Waals surface area contributed by atoms with Gasteiger partial charge in [-0.3, -0.25) is 4.79 Å². The summed E-state index contributed by atoms with van der Waals surface area (Å²) in [5, 5.41) is 8.94. The van der Waals surface area contributed by atoms with E-state index in [-0.39, 0.29) is 17.2 Å². The molecular weight excluding hydrogens is 346 g/mol. The van der Waals surface area contributed by atoms with Crippen LogP contribution in [0.15, 0.2) is 29.4 Å². The summed E-state index contributed by atoms with van der Waals surface area (Å²) in [5.74, 6) is 1.02. The molecule has 2 aromatic rings. The molecule has 1 saturated heterocycles. The fourth-order valence-electron chi connectivity index (χ4n) is 3.64. The van der Waals surface area contributed by atoms with Gasteiger partial charge in [0, 0.05) is 13.1 Å². The van der Waals surface area contributed by atoms with E-state index < -0.39 is 0 Å². The van der Waals surface area contributed by atoms with Crippen LogP contribution < -0.4 is 5.43 Å². The van der Waals surface area contributed by atoms with Gasteiger partial charge in [-0.05, 0) is 32.3 Å². The van der Waals surface area contributed by atoms with Crippen LogP contribution in [0.4, 0.5) is 0 Å². The molecule has 0 aliphatic carbocycles. The third kappa shape index (κ3) is 3.32. The normalized spacial score (nSPS) is 23.1. The average Bonchev–Trinajstić information content (AvgIpc) is 2.86. The monoisotopic (exact) mass is 371 g/mol. The maximum Gasteiger partial charge on any atom is 0.238 e. The first-order valence-electron chi connectivity index (χ1n) is 9.34. The number of carbonyl (C=O) groups is 1. The lowest BCUT2D eigenvalue weighted by molar-refractivity contribution is -0.131. The van der Waals surface area contributed by atoms with Gasteiger partial charge in [0.2, 0.25) is 11.1 Å². The smallest absolute Gasteiger partial charge is 0.238 e. The summed E-state index contributed by atoms with van der Waals surface area (Å²) in [6.45, 7) is 5.73. The molecule has 2 aliphatic heterocycles. The van der Waals surface area contributed by atoms with Crippen molar-refractivity contribution in [1.82, 2.24) is 19.8 Å². The highest BCUT2D eigenvalue weighted by Crippen LogP contribution is 2.38. The highest BCUT2D eigenvalue weighted by atomic mass is 32.2. The van der Waals surface area contributed by atoms with E-state index in [2.05, 4.69) is 46.8 Å². The first kappa shape index (κ1) is 17.4. The van der Waals surface area contributed by atoms with Gasteiger partial charge in [0.05, 0.1) is 6.04 Å². The Morgan fingerprint density at radius 3 is 2.46 bits per heavy atom. The molecule has 0 radical (unpaired) electrons. The number of nitrogens with zero attached hydrogens (tertiary/aromatic N) is 4. The summed E-state index contributed by atoms with van der Waals surface area (Å²) in [7, 11) is 0. The zero-order valence-corrected chi connectivity index (χ0v) is 16.1. The van der Waals surface area contributed by atoms with E-state index in [1.165, 1.54) is 30.2 Å². The number of amides is 1. The number of nitrogens with one attached hydrogen (secondary N) is 1. The van der Waals surface area contributed by atoms with Gasteiger partial charge in [-0.2, -0.15) is 0 Å². The number of benzene rings is 1. The lowest BCUT2D eigenvalue weighted by atomic mass is 10.0. The molecule has 0 unspecified atom stereocenters. The molecular formula is C19H25N5OS. The summed E-state index contributed by atoms with van der Waals surface area (Å²) in [4.78, 5) is 15.4. The average molecular weight is 372 g/mol. The van der Waals surface area contributed by atoms with Gasteiger partial charge >= 0.3 is 0 Å². The van der Waals surface area contributed by atoms with E-state index in [9.17, 15) is 4.79 Å². The van der Waals surface area contributed by atoms with Crippen LogP contribution in [0.25, 0.3) is 0 Å². The maximum absolute atomic E-state index is 13.4. The number of fused-ring (bicyclic) bond motifs is 1. The SMILES string of the molecule is Cc1ccc([C@@H]2Nn3c(C)nnc3S[C@@H]2C(=O)N2CCCCCC2)cc1. The van der Waals surface area contributed by atoms with Gasteiger partial charge in [0.15, 0.2) is 0 Å². The van der Waals surface area contributed by atoms with E-state index in [0.717, 1.165) is 42.5 Å². The maximum atomic E-state index is 13.4. The van der Waals surface area contributed by atoms with Crippen LogP contribution in [0.3, 0.4) is 0 Å². The van der Waals surface area contributed by atoms with E-state index in [1.54, 1.807) is 0 Å². The molecule has 2 atom stereocenters. The summed E-state index contributed by atoms with van der Waals surface area (Å²) in [6.07, 6.45) is 4.63. The molecule has 1 amide bonds. The minimum absolute atomic E-state index is 0.0986. The number of aromatic nitrogens is 3. The number of rotatable bonds is 2.